The molecule has 72 valence electrons. The number of carbonyl (C=O) groups is 1. The smallest absolute Gasteiger partial charge is 0.166 e. The summed E-state index contributed by atoms with van der Waals surface area (Å²) in [5.74, 6) is -0.468. The lowest BCUT2D eigenvalue weighted by atomic mass is 9.85. The van der Waals surface area contributed by atoms with Crippen LogP contribution in [0.5, 0.6) is 0 Å². The van der Waals surface area contributed by atoms with Crippen LogP contribution in [0.15, 0.2) is 42.5 Å². The van der Waals surface area contributed by atoms with E-state index in [9.17, 15) is 9.90 Å². The van der Waals surface area contributed by atoms with E-state index in [-0.39, 0.29) is 5.78 Å². The summed E-state index contributed by atoms with van der Waals surface area (Å²) in [5, 5.41) is 9.97. The Kier molecular flexibility index (Phi) is 2.01. The fourth-order valence-corrected chi connectivity index (χ4v) is 1.88. The van der Waals surface area contributed by atoms with Crippen molar-refractivity contribution in [2.75, 3.05) is 0 Å². The fourth-order valence-electron chi connectivity index (χ4n) is 1.88. The third-order valence-electron chi connectivity index (χ3n) is 2.59. The van der Waals surface area contributed by atoms with Crippen molar-refractivity contribution in [3.8, 4) is 0 Å². The Morgan fingerprint density at radius 3 is 2.43 bits per heavy atom. The first kappa shape index (κ1) is 9.16. The Bertz CT molecular complexity index is 377. The molecular formula is C12H12O2. The zero-order valence-electron chi connectivity index (χ0n) is 7.97. The van der Waals surface area contributed by atoms with Crippen LogP contribution in [0.4, 0.5) is 0 Å². The van der Waals surface area contributed by atoms with E-state index in [0.29, 0.717) is 0 Å². The van der Waals surface area contributed by atoms with Gasteiger partial charge >= 0.3 is 0 Å². The van der Waals surface area contributed by atoms with Crippen LogP contribution in [0.1, 0.15) is 18.4 Å². The van der Waals surface area contributed by atoms with Gasteiger partial charge in [0.15, 0.2) is 5.78 Å². The lowest BCUT2D eigenvalue weighted by Crippen LogP contribution is -2.30. The minimum Gasteiger partial charge on any atom is -0.385 e. The minimum atomic E-state index is -1.04. The number of rotatable bonds is 1. The highest BCUT2D eigenvalue weighted by molar-refractivity contribution is 5.99. The quantitative estimate of drug-likeness (QED) is 0.727. The van der Waals surface area contributed by atoms with Crippen molar-refractivity contribution in [1.29, 1.82) is 0 Å². The molecule has 0 heterocycles. The molecule has 1 aromatic carbocycles. The topological polar surface area (TPSA) is 37.3 Å². The molecule has 0 spiro atoms. The van der Waals surface area contributed by atoms with E-state index in [4.69, 9.17) is 0 Å². The van der Waals surface area contributed by atoms with E-state index < -0.39 is 11.5 Å². The molecule has 1 N–H and O–H groups in total. The lowest BCUT2D eigenvalue weighted by Gasteiger charge is -2.23. The summed E-state index contributed by atoms with van der Waals surface area (Å²) in [6.07, 6.45) is 3.02. The van der Waals surface area contributed by atoms with Crippen molar-refractivity contribution in [3.63, 3.8) is 0 Å². The van der Waals surface area contributed by atoms with E-state index >= 15 is 0 Å². The largest absolute Gasteiger partial charge is 0.385 e. The molecule has 14 heavy (non-hydrogen) atoms. The Morgan fingerprint density at radius 2 is 1.93 bits per heavy atom. The van der Waals surface area contributed by atoms with E-state index in [1.165, 1.54) is 6.08 Å². The second-order valence-electron chi connectivity index (χ2n) is 3.81. The molecule has 0 aliphatic heterocycles. The molecule has 0 radical (unpaired) electrons. The van der Waals surface area contributed by atoms with Crippen LogP contribution in [0, 0.1) is 0 Å². The molecule has 0 saturated heterocycles. The van der Waals surface area contributed by atoms with Gasteiger partial charge in [-0.3, -0.25) is 4.79 Å². The Hall–Kier alpha value is -1.41. The SMILES string of the molecule is C[C@@]1(O)C=CC(=O)[C@H]1c1ccccc1. The van der Waals surface area contributed by atoms with Gasteiger partial charge in [0, 0.05) is 0 Å². The van der Waals surface area contributed by atoms with Gasteiger partial charge in [0.25, 0.3) is 0 Å². The first-order valence-electron chi connectivity index (χ1n) is 4.62. The van der Waals surface area contributed by atoms with E-state index in [1.807, 2.05) is 30.3 Å². The van der Waals surface area contributed by atoms with Gasteiger partial charge in [-0.15, -0.1) is 0 Å². The van der Waals surface area contributed by atoms with Crippen molar-refractivity contribution < 1.29 is 9.90 Å². The molecule has 0 aromatic heterocycles. The Morgan fingerprint density at radius 1 is 1.29 bits per heavy atom. The molecule has 1 aliphatic rings. The van der Waals surface area contributed by atoms with Crippen LogP contribution >= 0.6 is 0 Å². The number of aliphatic hydroxyl groups is 1. The molecule has 1 aliphatic carbocycles. The van der Waals surface area contributed by atoms with Crippen LogP contribution in [0.3, 0.4) is 0 Å². The van der Waals surface area contributed by atoms with E-state index in [2.05, 4.69) is 0 Å². The highest BCUT2D eigenvalue weighted by Gasteiger charge is 2.39. The van der Waals surface area contributed by atoms with Crippen molar-refractivity contribution >= 4 is 5.78 Å². The minimum absolute atomic E-state index is 0.0267. The summed E-state index contributed by atoms with van der Waals surface area (Å²) < 4.78 is 0. The van der Waals surface area contributed by atoms with E-state index in [1.54, 1.807) is 13.0 Å². The fraction of sp³-hybridized carbons (Fsp3) is 0.250. The summed E-state index contributed by atoms with van der Waals surface area (Å²) in [4.78, 5) is 11.5. The first-order chi connectivity index (χ1) is 6.61. The van der Waals surface area contributed by atoms with Gasteiger partial charge in [0.2, 0.25) is 0 Å². The van der Waals surface area contributed by atoms with Crippen LogP contribution < -0.4 is 0 Å². The van der Waals surface area contributed by atoms with Gasteiger partial charge in [0.1, 0.15) is 0 Å². The number of carbonyl (C=O) groups excluding carboxylic acids is 1. The van der Waals surface area contributed by atoms with Gasteiger partial charge in [0.05, 0.1) is 11.5 Å². The predicted molar refractivity (Wildman–Crippen MR) is 54.0 cm³/mol. The number of hydrogen-bond donors (Lipinski definition) is 1. The summed E-state index contributed by atoms with van der Waals surface area (Å²) in [7, 11) is 0. The molecule has 2 heteroatoms. The van der Waals surface area contributed by atoms with Gasteiger partial charge in [-0.25, -0.2) is 0 Å². The lowest BCUT2D eigenvalue weighted by molar-refractivity contribution is -0.118. The monoisotopic (exact) mass is 188 g/mol. The second-order valence-corrected chi connectivity index (χ2v) is 3.81. The molecule has 0 saturated carbocycles. The molecule has 2 atom stereocenters. The van der Waals surface area contributed by atoms with Gasteiger partial charge in [-0.2, -0.15) is 0 Å². The number of benzene rings is 1. The van der Waals surface area contributed by atoms with E-state index in [0.717, 1.165) is 5.56 Å². The van der Waals surface area contributed by atoms with Crippen molar-refractivity contribution in [2.24, 2.45) is 0 Å². The Labute approximate surface area is 82.9 Å². The van der Waals surface area contributed by atoms with Gasteiger partial charge in [-0.1, -0.05) is 30.3 Å². The molecule has 2 rings (SSSR count). The number of allylic oxidation sites excluding steroid dienone is 1. The van der Waals surface area contributed by atoms with Crippen molar-refractivity contribution in [3.05, 3.63) is 48.0 Å². The number of ketones is 1. The predicted octanol–water partition coefficient (Wildman–Crippen LogP) is 1.66. The maximum Gasteiger partial charge on any atom is 0.166 e. The molecule has 0 fully saturated rings. The average Bonchev–Trinajstić information content (AvgIpc) is 2.42. The molecular weight excluding hydrogens is 176 g/mol. The summed E-state index contributed by atoms with van der Waals surface area (Å²) in [6.45, 7) is 1.66. The van der Waals surface area contributed by atoms with Crippen LogP contribution in [0.25, 0.3) is 0 Å². The summed E-state index contributed by atoms with van der Waals surface area (Å²) in [5.41, 5.74) is -0.175. The van der Waals surface area contributed by atoms with Gasteiger partial charge < -0.3 is 5.11 Å². The maximum atomic E-state index is 11.5. The maximum absolute atomic E-state index is 11.5. The number of hydrogen-bond acceptors (Lipinski definition) is 2. The van der Waals surface area contributed by atoms with Crippen LogP contribution in [-0.2, 0) is 4.79 Å². The highest BCUT2D eigenvalue weighted by atomic mass is 16.3. The zero-order chi connectivity index (χ0) is 10.2. The third-order valence-corrected chi connectivity index (χ3v) is 2.59. The molecule has 0 bridgehead atoms. The molecule has 1 aromatic rings. The third kappa shape index (κ3) is 1.38. The van der Waals surface area contributed by atoms with Crippen molar-refractivity contribution in [2.45, 2.75) is 18.4 Å². The Balaban J connectivity index is 2.41. The molecule has 2 nitrogen and oxygen atoms in total. The van der Waals surface area contributed by atoms with Gasteiger partial charge in [-0.05, 0) is 24.6 Å². The van der Waals surface area contributed by atoms with Crippen LogP contribution in [0.2, 0.25) is 0 Å². The first-order valence-corrected chi connectivity index (χ1v) is 4.62. The van der Waals surface area contributed by atoms with Crippen molar-refractivity contribution in [1.82, 2.24) is 0 Å². The summed E-state index contributed by atoms with van der Waals surface area (Å²) >= 11 is 0. The molecule has 0 amide bonds. The normalized spacial score (nSPS) is 31.0. The standard InChI is InChI=1S/C12H12O2/c1-12(14)8-7-10(13)11(12)9-5-3-2-4-6-9/h2-8,11,14H,1H3/t11-,12-/m1/s1. The average molecular weight is 188 g/mol. The molecule has 0 unspecified atom stereocenters. The highest BCUT2D eigenvalue weighted by Crippen LogP contribution is 2.35. The van der Waals surface area contributed by atoms with Crippen LogP contribution in [-0.4, -0.2) is 16.5 Å². The zero-order valence-corrected chi connectivity index (χ0v) is 7.97. The summed E-state index contributed by atoms with van der Waals surface area (Å²) in [6, 6.07) is 9.37. The second kappa shape index (κ2) is 3.07.